The van der Waals surface area contributed by atoms with Crippen molar-refractivity contribution in [2.75, 3.05) is 12.4 Å². The Labute approximate surface area is 252 Å². The van der Waals surface area contributed by atoms with Gasteiger partial charge in [-0.05, 0) is 93.2 Å². The van der Waals surface area contributed by atoms with Gasteiger partial charge in [0.15, 0.2) is 0 Å². The van der Waals surface area contributed by atoms with Crippen molar-refractivity contribution < 1.29 is 50.6 Å². The second kappa shape index (κ2) is 12.3. The zero-order valence-corrected chi connectivity index (χ0v) is 24.6. The van der Waals surface area contributed by atoms with Gasteiger partial charge in [-0.3, -0.25) is 14.4 Å². The first kappa shape index (κ1) is 31.6. The normalized spacial score (nSPS) is 26.5. The zero-order chi connectivity index (χ0) is 31.8. The number of anilines is 1. The van der Waals surface area contributed by atoms with Crippen LogP contribution in [0, 0.1) is 23.7 Å². The van der Waals surface area contributed by atoms with Crippen LogP contribution in [-0.4, -0.2) is 56.1 Å². The lowest BCUT2D eigenvalue weighted by atomic mass is 9.83. The summed E-state index contributed by atoms with van der Waals surface area (Å²) in [7, 11) is -4.18. The Bertz CT molecular complexity index is 1540. The second-order valence-corrected chi connectivity index (χ2v) is 13.6. The van der Waals surface area contributed by atoms with Crippen molar-refractivity contribution in [2.24, 2.45) is 23.7 Å². The van der Waals surface area contributed by atoms with E-state index in [9.17, 15) is 41.1 Å². The predicted molar refractivity (Wildman–Crippen MR) is 151 cm³/mol. The topological polar surface area (TPSA) is 148 Å². The lowest BCUT2D eigenvalue weighted by molar-refractivity contribution is -0.143. The Hall–Kier alpha value is -3.81. The number of amides is 2. The number of rotatable bonds is 9. The molecule has 14 heteroatoms. The highest BCUT2D eigenvalue weighted by Crippen LogP contribution is 2.49. The zero-order valence-electron chi connectivity index (χ0n) is 23.8. The van der Waals surface area contributed by atoms with Gasteiger partial charge < -0.3 is 25.2 Å². The van der Waals surface area contributed by atoms with Gasteiger partial charge in [-0.15, -0.1) is 0 Å². The van der Waals surface area contributed by atoms with Crippen LogP contribution in [0.3, 0.4) is 0 Å². The van der Waals surface area contributed by atoms with Crippen LogP contribution in [0.1, 0.15) is 55.3 Å². The molecule has 3 fully saturated rings. The van der Waals surface area contributed by atoms with Gasteiger partial charge in [-0.1, -0.05) is 6.07 Å². The van der Waals surface area contributed by atoms with Crippen LogP contribution in [0.15, 0.2) is 47.4 Å². The number of hydrogen-bond acceptors (Lipinski definition) is 7. The quantitative estimate of drug-likeness (QED) is 0.355. The summed E-state index contributed by atoms with van der Waals surface area (Å²) in [6.07, 6.45) is 4.16. The summed E-state index contributed by atoms with van der Waals surface area (Å²) < 4.78 is 74.4. The van der Waals surface area contributed by atoms with Crippen molar-refractivity contribution in [3.8, 4) is 11.5 Å². The third-order valence-electron chi connectivity index (χ3n) is 8.98. The average Bonchev–Trinajstić information content (AvgIpc) is 3.59. The van der Waals surface area contributed by atoms with Gasteiger partial charge >= 0.3 is 11.5 Å². The maximum Gasteiger partial charge on any atom is 0.501 e. The fourth-order valence-corrected chi connectivity index (χ4v) is 7.57. The number of fused-ring (bicyclic) bond motifs is 2. The fraction of sp³-hybridized carbons (Fsp3) is 0.500. The number of nitrogens with one attached hydrogen (secondary N) is 2. The van der Waals surface area contributed by atoms with Crippen LogP contribution in [0.4, 0.5) is 18.9 Å². The maximum absolute atomic E-state index is 13.6. The minimum Gasteiger partial charge on any atom is -0.496 e. The first-order valence-corrected chi connectivity index (χ1v) is 15.9. The van der Waals surface area contributed by atoms with E-state index in [1.807, 2.05) is 0 Å². The highest BCUT2D eigenvalue weighted by atomic mass is 32.2. The number of carbonyl (C=O) groups excluding carboxylic acids is 2. The molecule has 5 rings (SSSR count). The molecule has 2 aromatic rings. The number of hydrogen-bond donors (Lipinski definition) is 3. The molecule has 0 aliphatic heterocycles. The Morgan fingerprint density at radius 2 is 1.66 bits per heavy atom. The minimum absolute atomic E-state index is 0.00601. The van der Waals surface area contributed by atoms with Crippen LogP contribution in [0.25, 0.3) is 0 Å². The lowest BCUT2D eigenvalue weighted by Crippen LogP contribution is -2.48. The summed E-state index contributed by atoms with van der Waals surface area (Å²) in [5.41, 5.74) is -5.40. The molecule has 4 unspecified atom stereocenters. The van der Waals surface area contributed by atoms with E-state index in [1.54, 1.807) is 18.2 Å². The van der Waals surface area contributed by atoms with Crippen LogP contribution in [0.2, 0.25) is 0 Å². The molecule has 10 nitrogen and oxygen atoms in total. The highest BCUT2D eigenvalue weighted by molar-refractivity contribution is 7.92. The van der Waals surface area contributed by atoms with Crippen molar-refractivity contribution in [2.45, 2.75) is 67.5 Å². The van der Waals surface area contributed by atoms with E-state index in [4.69, 9.17) is 9.47 Å². The van der Waals surface area contributed by atoms with E-state index in [0.29, 0.717) is 37.9 Å². The van der Waals surface area contributed by atoms with E-state index in [2.05, 4.69) is 10.6 Å². The molecule has 238 valence electrons. The van der Waals surface area contributed by atoms with Crippen LogP contribution in [0.5, 0.6) is 11.5 Å². The van der Waals surface area contributed by atoms with Gasteiger partial charge in [0, 0.05) is 11.7 Å². The summed E-state index contributed by atoms with van der Waals surface area (Å²) >= 11 is 0. The molecule has 4 atom stereocenters. The van der Waals surface area contributed by atoms with Gasteiger partial charge in [0.25, 0.3) is 15.7 Å². The van der Waals surface area contributed by atoms with E-state index in [-0.39, 0.29) is 34.9 Å². The van der Waals surface area contributed by atoms with Crippen molar-refractivity contribution >= 4 is 33.3 Å². The number of ether oxygens (including phenoxy) is 2. The monoisotopic (exact) mass is 638 g/mol. The lowest BCUT2D eigenvalue weighted by Gasteiger charge is -2.31. The summed E-state index contributed by atoms with van der Waals surface area (Å²) in [6, 6.07) is 8.25. The van der Waals surface area contributed by atoms with Crippen LogP contribution < -0.4 is 20.1 Å². The molecule has 2 aromatic carbocycles. The Kier molecular flexibility index (Phi) is 8.83. The molecule has 0 saturated heterocycles. The molecule has 0 radical (unpaired) electrons. The molecular weight excluding hydrogens is 605 g/mol. The number of carboxylic acids is 1. The van der Waals surface area contributed by atoms with E-state index >= 15 is 0 Å². The Morgan fingerprint density at radius 1 is 0.955 bits per heavy atom. The Morgan fingerprint density at radius 3 is 2.32 bits per heavy atom. The molecule has 44 heavy (non-hydrogen) atoms. The van der Waals surface area contributed by atoms with E-state index in [0.717, 1.165) is 31.0 Å². The number of aliphatic carboxylic acids is 1. The first-order valence-electron chi connectivity index (χ1n) is 14.4. The van der Waals surface area contributed by atoms with Gasteiger partial charge in [0.2, 0.25) is 5.91 Å². The number of carbonyl (C=O) groups is 3. The number of sulfone groups is 1. The van der Waals surface area contributed by atoms with Gasteiger partial charge in [0.1, 0.15) is 11.5 Å². The van der Waals surface area contributed by atoms with Crippen molar-refractivity contribution in [1.29, 1.82) is 0 Å². The average molecular weight is 639 g/mol. The van der Waals surface area contributed by atoms with Gasteiger partial charge in [-0.25, -0.2) is 8.42 Å². The number of alkyl halides is 3. The molecule has 0 aromatic heterocycles. The third-order valence-corrected chi connectivity index (χ3v) is 10.5. The number of benzene rings is 2. The van der Waals surface area contributed by atoms with Crippen molar-refractivity contribution in [3.63, 3.8) is 0 Å². The van der Waals surface area contributed by atoms with Gasteiger partial charge in [-0.2, -0.15) is 13.2 Å². The standard InChI is InChI=1S/C30H33F3N2O8S/c1-42-24-12-11-21(43-20-9-7-16(8-10-20)29(38)39)15-23(24)27(36)35-26-18-6-5-17(13-18)25(26)28(37)34-19-3-2-4-22(14-19)44(40,41)30(31,32)33/h2-4,11-12,14-18,20,25-26H,5-10,13H2,1H3,(H,34,37)(H,35,36)(H,38,39). The largest absolute Gasteiger partial charge is 0.501 e. The SMILES string of the molecule is COc1ccc(OC2CCC(C(=O)O)CC2)cc1C(=O)NC1C2CCC(C2)C1C(=O)Nc1cccc(S(=O)(=O)C(F)(F)F)c1. The third kappa shape index (κ3) is 6.35. The first-order chi connectivity index (χ1) is 20.8. The van der Waals surface area contributed by atoms with Crippen LogP contribution in [-0.2, 0) is 19.4 Å². The predicted octanol–water partition coefficient (Wildman–Crippen LogP) is 4.79. The van der Waals surface area contributed by atoms with E-state index < -0.39 is 55.9 Å². The molecule has 3 aliphatic carbocycles. The maximum atomic E-state index is 13.6. The number of halogens is 3. The van der Waals surface area contributed by atoms with Crippen LogP contribution >= 0.6 is 0 Å². The minimum atomic E-state index is -5.60. The van der Waals surface area contributed by atoms with Crippen molar-refractivity contribution in [3.05, 3.63) is 48.0 Å². The molecule has 3 saturated carbocycles. The van der Waals surface area contributed by atoms with E-state index in [1.165, 1.54) is 13.2 Å². The molecule has 0 spiro atoms. The molecule has 3 aliphatic rings. The number of methoxy groups -OCH3 is 1. The van der Waals surface area contributed by atoms with Gasteiger partial charge in [0.05, 0.1) is 35.5 Å². The molecular formula is C30H33F3N2O8S. The fourth-order valence-electron chi connectivity index (χ4n) is 6.76. The number of carboxylic acid groups (broad SMARTS) is 1. The molecule has 2 bridgehead atoms. The highest BCUT2D eigenvalue weighted by Gasteiger charge is 2.52. The molecule has 3 N–H and O–H groups in total. The Balaban J connectivity index is 1.30. The van der Waals surface area contributed by atoms with Crippen molar-refractivity contribution in [1.82, 2.24) is 5.32 Å². The summed E-state index contributed by atoms with van der Waals surface area (Å²) in [4.78, 5) is 37.3. The second-order valence-electron chi connectivity index (χ2n) is 11.6. The summed E-state index contributed by atoms with van der Waals surface area (Å²) in [6.45, 7) is 0. The smallest absolute Gasteiger partial charge is 0.496 e. The summed E-state index contributed by atoms with van der Waals surface area (Å²) in [5.74, 6) is -2.26. The molecule has 0 heterocycles. The summed E-state index contributed by atoms with van der Waals surface area (Å²) in [5, 5.41) is 14.8. The molecule has 2 amide bonds.